The molecule has 1 amide bonds. The quantitative estimate of drug-likeness (QED) is 0.628. The average molecular weight is 247 g/mol. The van der Waals surface area contributed by atoms with Gasteiger partial charge in [0, 0.05) is 19.5 Å². The van der Waals surface area contributed by atoms with Crippen molar-refractivity contribution in [1.29, 1.82) is 0 Å². The van der Waals surface area contributed by atoms with Crippen LogP contribution in [0, 0.1) is 0 Å². The minimum absolute atomic E-state index is 0.290. The van der Waals surface area contributed by atoms with Crippen LogP contribution in [0.25, 0.3) is 11.0 Å². The molecule has 0 aliphatic carbocycles. The smallest absolute Gasteiger partial charge is 0.277 e. The maximum Gasteiger partial charge on any atom is 0.277 e. The van der Waals surface area contributed by atoms with Gasteiger partial charge in [-0.2, -0.15) is 0 Å². The molecule has 1 aromatic carbocycles. The van der Waals surface area contributed by atoms with E-state index in [0.717, 1.165) is 0 Å². The van der Waals surface area contributed by atoms with Gasteiger partial charge in [-0.15, -0.1) is 0 Å². The van der Waals surface area contributed by atoms with Crippen LogP contribution in [0.3, 0.4) is 0 Å². The van der Waals surface area contributed by atoms with E-state index in [0.29, 0.717) is 29.8 Å². The van der Waals surface area contributed by atoms with E-state index < -0.39 is 0 Å². The molecular formula is C12H13N3O3. The first-order valence-electron chi connectivity index (χ1n) is 5.43. The van der Waals surface area contributed by atoms with Gasteiger partial charge in [0.15, 0.2) is 0 Å². The van der Waals surface area contributed by atoms with Crippen LogP contribution in [-0.2, 0) is 9.57 Å². The van der Waals surface area contributed by atoms with E-state index in [-0.39, 0.29) is 5.91 Å². The normalized spacial score (nSPS) is 10.5. The van der Waals surface area contributed by atoms with Gasteiger partial charge < -0.3 is 4.74 Å². The Labute approximate surface area is 104 Å². The van der Waals surface area contributed by atoms with Crippen LogP contribution >= 0.6 is 0 Å². The Hall–Kier alpha value is -2.05. The number of nitrogens with zero attached hydrogens (tertiary/aromatic N) is 2. The lowest BCUT2D eigenvalue weighted by molar-refractivity contribution is 0.00898. The van der Waals surface area contributed by atoms with Gasteiger partial charge in [-0.1, -0.05) is 6.07 Å². The molecule has 0 radical (unpaired) electrons. The number of ether oxygens (including phenoxy) is 1. The van der Waals surface area contributed by atoms with E-state index in [1.165, 1.54) is 0 Å². The Morgan fingerprint density at radius 2 is 2.11 bits per heavy atom. The number of rotatable bonds is 5. The van der Waals surface area contributed by atoms with Crippen molar-refractivity contribution in [2.45, 2.75) is 0 Å². The number of nitrogens with one attached hydrogen (secondary N) is 1. The highest BCUT2D eigenvalue weighted by atomic mass is 16.7. The molecule has 1 N–H and O–H groups in total. The van der Waals surface area contributed by atoms with Gasteiger partial charge in [0.05, 0.1) is 24.3 Å². The number of hydroxylamine groups is 1. The van der Waals surface area contributed by atoms with Gasteiger partial charge in [0.1, 0.15) is 5.52 Å². The minimum Gasteiger partial charge on any atom is -0.382 e. The van der Waals surface area contributed by atoms with Crippen molar-refractivity contribution in [3.05, 3.63) is 36.2 Å². The molecule has 0 saturated carbocycles. The van der Waals surface area contributed by atoms with Crippen LogP contribution in [0.15, 0.2) is 30.6 Å². The molecule has 0 bridgehead atoms. The first-order valence-corrected chi connectivity index (χ1v) is 5.43. The summed E-state index contributed by atoms with van der Waals surface area (Å²) >= 11 is 0. The maximum absolute atomic E-state index is 11.9. The predicted octanol–water partition coefficient (Wildman–Crippen LogP) is 0.938. The van der Waals surface area contributed by atoms with E-state index in [4.69, 9.17) is 9.57 Å². The molecule has 6 nitrogen and oxygen atoms in total. The second kappa shape index (κ2) is 6.04. The number of benzene rings is 1. The molecule has 1 heterocycles. The lowest BCUT2D eigenvalue weighted by Crippen LogP contribution is -2.25. The van der Waals surface area contributed by atoms with Crippen LogP contribution in [0.5, 0.6) is 0 Å². The average Bonchev–Trinajstić information content (AvgIpc) is 2.43. The zero-order valence-corrected chi connectivity index (χ0v) is 9.92. The molecule has 0 saturated heterocycles. The highest BCUT2D eigenvalue weighted by Crippen LogP contribution is 2.13. The van der Waals surface area contributed by atoms with Crippen LogP contribution in [0.4, 0.5) is 0 Å². The molecule has 2 rings (SSSR count). The summed E-state index contributed by atoms with van der Waals surface area (Å²) in [5.41, 5.74) is 3.99. The van der Waals surface area contributed by atoms with Gasteiger partial charge in [0.25, 0.3) is 5.91 Å². The molecule has 94 valence electrons. The molecule has 0 aliphatic rings. The van der Waals surface area contributed by atoms with Crippen LogP contribution < -0.4 is 5.48 Å². The fourth-order valence-electron chi connectivity index (χ4n) is 1.47. The minimum atomic E-state index is -0.350. The van der Waals surface area contributed by atoms with E-state index >= 15 is 0 Å². The Balaban J connectivity index is 2.13. The van der Waals surface area contributed by atoms with Crippen LogP contribution in [0.2, 0.25) is 0 Å². The molecule has 0 aliphatic heterocycles. The molecular weight excluding hydrogens is 234 g/mol. The third-order valence-corrected chi connectivity index (χ3v) is 2.30. The van der Waals surface area contributed by atoms with E-state index in [1.54, 1.807) is 37.7 Å². The Morgan fingerprint density at radius 1 is 1.28 bits per heavy atom. The number of fused-ring (bicyclic) bond motifs is 1. The van der Waals surface area contributed by atoms with Crippen LogP contribution in [-0.4, -0.2) is 36.2 Å². The van der Waals surface area contributed by atoms with Gasteiger partial charge in [-0.25, -0.2) is 5.48 Å². The fourth-order valence-corrected chi connectivity index (χ4v) is 1.47. The SMILES string of the molecule is COCCONC(=O)c1cccc2nccnc12. The summed E-state index contributed by atoms with van der Waals surface area (Å²) in [5.74, 6) is -0.350. The van der Waals surface area contributed by atoms with Crippen molar-refractivity contribution in [3.63, 3.8) is 0 Å². The summed E-state index contributed by atoms with van der Waals surface area (Å²) in [5, 5.41) is 0. The predicted molar refractivity (Wildman–Crippen MR) is 64.8 cm³/mol. The molecule has 18 heavy (non-hydrogen) atoms. The molecule has 0 atom stereocenters. The van der Waals surface area contributed by atoms with Gasteiger partial charge >= 0.3 is 0 Å². The van der Waals surface area contributed by atoms with Crippen molar-refractivity contribution in [2.75, 3.05) is 20.3 Å². The second-order valence-corrected chi connectivity index (χ2v) is 3.50. The molecule has 0 spiro atoms. The summed E-state index contributed by atoms with van der Waals surface area (Å²) in [4.78, 5) is 25.1. The molecule has 0 fully saturated rings. The van der Waals surface area contributed by atoms with E-state index in [2.05, 4.69) is 15.4 Å². The number of para-hydroxylation sites is 1. The van der Waals surface area contributed by atoms with Crippen molar-refractivity contribution >= 4 is 16.9 Å². The third kappa shape index (κ3) is 2.79. The van der Waals surface area contributed by atoms with E-state index in [1.807, 2.05) is 0 Å². The summed E-state index contributed by atoms with van der Waals surface area (Å²) < 4.78 is 4.80. The summed E-state index contributed by atoms with van der Waals surface area (Å²) in [6.07, 6.45) is 3.13. The van der Waals surface area contributed by atoms with Gasteiger partial charge in [-0.05, 0) is 12.1 Å². The number of carbonyl (C=O) groups is 1. The summed E-state index contributed by atoms with van der Waals surface area (Å²) in [6.45, 7) is 0.703. The Morgan fingerprint density at radius 3 is 2.94 bits per heavy atom. The zero-order chi connectivity index (χ0) is 12.8. The van der Waals surface area contributed by atoms with Crippen molar-refractivity contribution in [1.82, 2.24) is 15.4 Å². The summed E-state index contributed by atoms with van der Waals surface area (Å²) in [6, 6.07) is 5.22. The van der Waals surface area contributed by atoms with Crippen molar-refractivity contribution in [2.24, 2.45) is 0 Å². The fraction of sp³-hybridized carbons (Fsp3) is 0.250. The highest BCUT2D eigenvalue weighted by Gasteiger charge is 2.10. The topological polar surface area (TPSA) is 73.3 Å². The number of amides is 1. The zero-order valence-electron chi connectivity index (χ0n) is 9.92. The third-order valence-electron chi connectivity index (χ3n) is 2.30. The first kappa shape index (κ1) is 12.4. The number of carbonyl (C=O) groups excluding carboxylic acids is 1. The lowest BCUT2D eigenvalue weighted by atomic mass is 10.1. The monoisotopic (exact) mass is 247 g/mol. The van der Waals surface area contributed by atoms with Gasteiger partial charge in [0.2, 0.25) is 0 Å². The molecule has 2 aromatic rings. The largest absolute Gasteiger partial charge is 0.382 e. The maximum atomic E-state index is 11.9. The molecule has 0 unspecified atom stereocenters. The second-order valence-electron chi connectivity index (χ2n) is 3.50. The lowest BCUT2D eigenvalue weighted by Gasteiger charge is -2.06. The molecule has 1 aromatic heterocycles. The Kier molecular flexibility index (Phi) is 4.16. The van der Waals surface area contributed by atoms with Crippen molar-refractivity contribution in [3.8, 4) is 0 Å². The number of hydrogen-bond donors (Lipinski definition) is 1. The van der Waals surface area contributed by atoms with E-state index in [9.17, 15) is 4.79 Å². The number of hydrogen-bond acceptors (Lipinski definition) is 5. The number of methoxy groups -OCH3 is 1. The van der Waals surface area contributed by atoms with Crippen molar-refractivity contribution < 1.29 is 14.4 Å². The van der Waals surface area contributed by atoms with Crippen LogP contribution in [0.1, 0.15) is 10.4 Å². The highest BCUT2D eigenvalue weighted by molar-refractivity contribution is 6.04. The Bertz CT molecular complexity index is 540. The van der Waals surface area contributed by atoms with Gasteiger partial charge in [-0.3, -0.25) is 19.6 Å². The molecule has 6 heteroatoms. The standard InChI is InChI=1S/C12H13N3O3/c1-17-7-8-18-15-12(16)9-3-2-4-10-11(9)14-6-5-13-10/h2-6H,7-8H2,1H3,(H,15,16). The first-order chi connectivity index (χ1) is 8.83. The summed E-state index contributed by atoms with van der Waals surface area (Å²) in [7, 11) is 1.56. The number of aromatic nitrogens is 2.